The molecule has 2 aromatic carbocycles. The highest BCUT2D eigenvalue weighted by Crippen LogP contribution is 2.30. The quantitative estimate of drug-likeness (QED) is 0.368. The lowest BCUT2D eigenvalue weighted by atomic mass is 10.3. The maximum absolute atomic E-state index is 12.9. The molecule has 0 saturated heterocycles. The van der Waals surface area contributed by atoms with E-state index in [-0.39, 0.29) is 9.92 Å². The fourth-order valence-corrected chi connectivity index (χ4v) is 4.23. The van der Waals surface area contributed by atoms with Crippen molar-refractivity contribution in [3.8, 4) is 5.75 Å². The number of hydrogen-bond donors (Lipinski definition) is 3. The third-order valence-electron chi connectivity index (χ3n) is 3.79. The zero-order valence-corrected chi connectivity index (χ0v) is 18.6. The maximum Gasteiger partial charge on any atom is 0.263 e. The van der Waals surface area contributed by atoms with Crippen molar-refractivity contribution in [3.63, 3.8) is 0 Å². The van der Waals surface area contributed by atoms with E-state index in [0.29, 0.717) is 42.0 Å². The molecular formula is C19H24ClN3O4S2. The fraction of sp³-hybridized carbons (Fsp3) is 0.316. The molecule has 0 radical (unpaired) electrons. The summed E-state index contributed by atoms with van der Waals surface area (Å²) < 4.78 is 38.7. The molecular weight excluding hydrogens is 434 g/mol. The van der Waals surface area contributed by atoms with E-state index in [1.165, 1.54) is 19.2 Å². The zero-order valence-electron chi connectivity index (χ0n) is 16.2. The highest BCUT2D eigenvalue weighted by Gasteiger charge is 2.20. The van der Waals surface area contributed by atoms with Gasteiger partial charge in [-0.2, -0.15) is 0 Å². The summed E-state index contributed by atoms with van der Waals surface area (Å²) in [6.07, 6.45) is 0.804. The van der Waals surface area contributed by atoms with Crippen molar-refractivity contribution >= 4 is 50.3 Å². The van der Waals surface area contributed by atoms with Gasteiger partial charge in [0.05, 0.1) is 17.8 Å². The molecule has 2 rings (SSSR count). The number of nitrogens with one attached hydrogen (secondary N) is 3. The first-order valence-electron chi connectivity index (χ1n) is 8.95. The van der Waals surface area contributed by atoms with Gasteiger partial charge in [0.2, 0.25) is 0 Å². The predicted octanol–water partition coefficient (Wildman–Crippen LogP) is 3.86. The Bertz CT molecular complexity index is 939. The SMILES string of the molecule is CCOCCCNC(=S)Nc1ccc(Cl)c(S(=O)(=O)Nc2ccccc2OC)c1. The molecule has 0 amide bonds. The van der Waals surface area contributed by atoms with Crippen LogP contribution < -0.4 is 20.1 Å². The molecule has 3 N–H and O–H groups in total. The standard InChI is InChI=1S/C19H24ClN3O4S2/c1-3-27-12-6-11-21-19(28)22-14-9-10-15(20)18(13-14)29(24,25)23-16-7-4-5-8-17(16)26-2/h4-5,7-10,13,23H,3,6,11-12H2,1-2H3,(H2,21,22,28). The van der Waals surface area contributed by atoms with Gasteiger partial charge in [-0.25, -0.2) is 8.42 Å². The van der Waals surface area contributed by atoms with E-state index < -0.39 is 10.0 Å². The van der Waals surface area contributed by atoms with E-state index >= 15 is 0 Å². The lowest BCUT2D eigenvalue weighted by Crippen LogP contribution is -2.30. The largest absolute Gasteiger partial charge is 0.495 e. The molecule has 0 aliphatic heterocycles. The van der Waals surface area contributed by atoms with Crippen molar-refractivity contribution in [1.29, 1.82) is 0 Å². The van der Waals surface area contributed by atoms with Crippen LogP contribution in [0.15, 0.2) is 47.4 Å². The van der Waals surface area contributed by atoms with E-state index in [1.54, 1.807) is 30.3 Å². The highest BCUT2D eigenvalue weighted by atomic mass is 35.5. The number of anilines is 2. The topological polar surface area (TPSA) is 88.7 Å². The molecule has 0 unspecified atom stereocenters. The normalized spacial score (nSPS) is 11.0. The van der Waals surface area contributed by atoms with Crippen molar-refractivity contribution in [2.75, 3.05) is 36.9 Å². The van der Waals surface area contributed by atoms with Crippen LogP contribution in [-0.4, -0.2) is 40.4 Å². The van der Waals surface area contributed by atoms with Gasteiger partial charge >= 0.3 is 0 Å². The lowest BCUT2D eigenvalue weighted by molar-refractivity contribution is 0.146. The van der Waals surface area contributed by atoms with Crippen LogP contribution in [0.4, 0.5) is 11.4 Å². The molecule has 0 aliphatic rings. The Morgan fingerprint density at radius 1 is 1.21 bits per heavy atom. The minimum atomic E-state index is -3.94. The first-order chi connectivity index (χ1) is 13.9. The second-order valence-corrected chi connectivity index (χ2v) is 8.35. The van der Waals surface area contributed by atoms with Gasteiger partial charge in [-0.3, -0.25) is 4.72 Å². The Morgan fingerprint density at radius 2 is 1.97 bits per heavy atom. The van der Waals surface area contributed by atoms with Crippen LogP contribution in [0, 0.1) is 0 Å². The summed E-state index contributed by atoms with van der Waals surface area (Å²) in [5, 5.41) is 6.48. The Kier molecular flexibility index (Phi) is 8.97. The molecule has 29 heavy (non-hydrogen) atoms. The average Bonchev–Trinajstić information content (AvgIpc) is 2.69. The molecule has 0 bridgehead atoms. The number of para-hydroxylation sites is 2. The monoisotopic (exact) mass is 457 g/mol. The zero-order chi connectivity index (χ0) is 21.3. The van der Waals surface area contributed by atoms with Crippen LogP contribution >= 0.6 is 23.8 Å². The average molecular weight is 458 g/mol. The molecule has 0 aromatic heterocycles. The molecule has 158 valence electrons. The molecule has 0 heterocycles. The number of halogens is 1. The number of benzene rings is 2. The van der Waals surface area contributed by atoms with Crippen molar-refractivity contribution in [2.24, 2.45) is 0 Å². The van der Waals surface area contributed by atoms with Crippen LogP contribution in [-0.2, 0) is 14.8 Å². The molecule has 7 nitrogen and oxygen atoms in total. The summed E-state index contributed by atoms with van der Waals surface area (Å²) in [5.41, 5.74) is 0.813. The second-order valence-electron chi connectivity index (χ2n) is 5.88. The number of rotatable bonds is 10. The number of ether oxygens (including phenoxy) is 2. The Labute approximate surface area is 181 Å². The molecule has 0 aliphatic carbocycles. The van der Waals surface area contributed by atoms with Gasteiger partial charge in [0.15, 0.2) is 5.11 Å². The third-order valence-corrected chi connectivity index (χ3v) is 5.88. The van der Waals surface area contributed by atoms with E-state index in [1.807, 2.05) is 6.92 Å². The summed E-state index contributed by atoms with van der Waals surface area (Å²) >= 11 is 11.4. The van der Waals surface area contributed by atoms with Gasteiger partial charge in [0, 0.05) is 25.4 Å². The van der Waals surface area contributed by atoms with Crippen LogP contribution in [0.3, 0.4) is 0 Å². The fourth-order valence-electron chi connectivity index (χ4n) is 2.41. The molecule has 0 spiro atoms. The minimum Gasteiger partial charge on any atom is -0.495 e. The van der Waals surface area contributed by atoms with Gasteiger partial charge in [-0.1, -0.05) is 23.7 Å². The van der Waals surface area contributed by atoms with Gasteiger partial charge in [-0.05, 0) is 55.9 Å². The lowest BCUT2D eigenvalue weighted by Gasteiger charge is -2.15. The smallest absolute Gasteiger partial charge is 0.263 e. The van der Waals surface area contributed by atoms with Crippen LogP contribution in [0.2, 0.25) is 5.02 Å². The van der Waals surface area contributed by atoms with Gasteiger partial charge in [0.25, 0.3) is 10.0 Å². The third kappa shape index (κ3) is 7.04. The maximum atomic E-state index is 12.9. The van der Waals surface area contributed by atoms with E-state index in [4.69, 9.17) is 33.3 Å². The Balaban J connectivity index is 2.10. The summed E-state index contributed by atoms with van der Waals surface area (Å²) in [6, 6.07) is 11.3. The number of hydrogen-bond acceptors (Lipinski definition) is 5. The molecule has 10 heteroatoms. The Morgan fingerprint density at radius 3 is 2.69 bits per heavy atom. The van der Waals surface area contributed by atoms with Crippen LogP contribution in [0.25, 0.3) is 0 Å². The van der Waals surface area contributed by atoms with Crippen molar-refractivity contribution in [1.82, 2.24) is 5.32 Å². The van der Waals surface area contributed by atoms with Gasteiger partial charge in [-0.15, -0.1) is 0 Å². The summed E-state index contributed by atoms with van der Waals surface area (Å²) in [7, 11) is -2.48. The molecule has 2 aromatic rings. The van der Waals surface area contributed by atoms with E-state index in [0.717, 1.165) is 6.42 Å². The van der Waals surface area contributed by atoms with Crippen LogP contribution in [0.5, 0.6) is 5.75 Å². The number of sulfonamides is 1. The highest BCUT2D eigenvalue weighted by molar-refractivity contribution is 7.92. The summed E-state index contributed by atoms with van der Waals surface area (Å²) in [4.78, 5) is -0.0748. The summed E-state index contributed by atoms with van der Waals surface area (Å²) in [5.74, 6) is 0.402. The van der Waals surface area contributed by atoms with Crippen molar-refractivity contribution in [2.45, 2.75) is 18.2 Å². The van der Waals surface area contributed by atoms with E-state index in [9.17, 15) is 8.42 Å². The summed E-state index contributed by atoms with van der Waals surface area (Å²) in [6.45, 7) is 3.89. The molecule has 0 saturated carbocycles. The van der Waals surface area contributed by atoms with Gasteiger partial charge in [0.1, 0.15) is 10.6 Å². The van der Waals surface area contributed by atoms with Crippen molar-refractivity contribution in [3.05, 3.63) is 47.5 Å². The number of methoxy groups -OCH3 is 1. The van der Waals surface area contributed by atoms with E-state index in [2.05, 4.69) is 15.4 Å². The minimum absolute atomic E-state index is 0.0748. The number of thiocarbonyl (C=S) groups is 1. The Hall–Kier alpha value is -2.07. The molecule has 0 fully saturated rings. The van der Waals surface area contributed by atoms with Crippen molar-refractivity contribution < 1.29 is 17.9 Å². The molecule has 0 atom stereocenters. The first-order valence-corrected chi connectivity index (χ1v) is 11.2. The van der Waals surface area contributed by atoms with Crippen LogP contribution in [0.1, 0.15) is 13.3 Å². The van der Waals surface area contributed by atoms with Gasteiger partial charge < -0.3 is 20.1 Å². The predicted molar refractivity (Wildman–Crippen MR) is 121 cm³/mol. The second kappa shape index (κ2) is 11.2. The first kappa shape index (κ1) is 23.2.